The lowest BCUT2D eigenvalue weighted by Crippen LogP contribution is -2.39. The third-order valence-electron chi connectivity index (χ3n) is 3.09. The zero-order valence-electron chi connectivity index (χ0n) is 10.8. The van der Waals surface area contributed by atoms with E-state index in [1.165, 1.54) is 6.07 Å². The van der Waals surface area contributed by atoms with Crippen LogP contribution in [0.1, 0.15) is 18.4 Å². The van der Waals surface area contributed by atoms with E-state index in [2.05, 4.69) is 4.72 Å². The highest BCUT2D eigenvalue weighted by Gasteiger charge is 2.24. The Kier molecular flexibility index (Phi) is 4.27. The average Bonchev–Trinajstić information content (AvgIpc) is 2.31. The Bertz CT molecular complexity index is 569. The predicted molar refractivity (Wildman–Crippen MR) is 76.8 cm³/mol. The molecule has 0 spiro atoms. The topological polar surface area (TPSA) is 89.3 Å². The molecule has 2 rings (SSSR count). The Morgan fingerprint density at radius 2 is 1.89 bits per heavy atom. The number of benzene rings is 1. The lowest BCUT2D eigenvalue weighted by atomic mass is 10.2. The second kappa shape index (κ2) is 5.60. The minimum absolute atomic E-state index is 0.135. The maximum atomic E-state index is 12.2. The number of nitrogens with one attached hydrogen (secondary N) is 1. The molecule has 19 heavy (non-hydrogen) atoms. The zero-order chi connectivity index (χ0) is 14.0. The van der Waals surface area contributed by atoms with Crippen LogP contribution in [0.15, 0.2) is 23.1 Å². The highest BCUT2D eigenvalue weighted by Crippen LogP contribution is 2.18. The minimum atomic E-state index is -3.55. The maximum absolute atomic E-state index is 12.2. The Labute approximate surface area is 116 Å². The summed E-state index contributed by atoms with van der Waals surface area (Å²) in [5, 5.41) is 0. The maximum Gasteiger partial charge on any atom is 0.240 e. The number of sulfonamides is 1. The highest BCUT2D eigenvalue weighted by molar-refractivity contribution is 7.89. The summed E-state index contributed by atoms with van der Waals surface area (Å²) in [4.78, 5) is 0.191. The van der Waals surface area contributed by atoms with Crippen molar-refractivity contribution in [2.24, 2.45) is 0 Å². The van der Waals surface area contributed by atoms with Crippen LogP contribution in [0.3, 0.4) is 0 Å². The average molecular weight is 302 g/mol. The molecular weight excluding hydrogens is 284 g/mol. The third kappa shape index (κ3) is 3.77. The molecule has 1 heterocycles. The summed E-state index contributed by atoms with van der Waals surface area (Å²) in [6.07, 6.45) is 1.24. The van der Waals surface area contributed by atoms with Crippen LogP contribution >= 0.6 is 0 Å². The molecule has 1 aromatic carbocycles. The van der Waals surface area contributed by atoms with Gasteiger partial charge >= 0.3 is 0 Å². The van der Waals surface area contributed by atoms with Gasteiger partial charge in [0.2, 0.25) is 10.0 Å². The van der Waals surface area contributed by atoms with E-state index in [1.54, 1.807) is 19.1 Å². The van der Waals surface area contributed by atoms with Gasteiger partial charge < -0.3 is 5.73 Å². The molecule has 1 aliphatic heterocycles. The molecular formula is C12H18N2O3S2. The molecule has 0 amide bonds. The summed E-state index contributed by atoms with van der Waals surface area (Å²) in [6, 6.07) is 4.64. The standard InChI is InChI=1S/C12H18N2O3S2/c1-9-6-10(13)8-12(7-9)19(16,17)14-11-2-4-18(15)5-3-11/h6-8,11,14H,2-5,13H2,1H3. The Morgan fingerprint density at radius 1 is 1.26 bits per heavy atom. The molecule has 0 bridgehead atoms. The normalized spacial score (nSPS) is 24.3. The third-order valence-corrected chi connectivity index (χ3v) is 5.98. The second-order valence-electron chi connectivity index (χ2n) is 4.82. The second-order valence-corrected chi connectivity index (χ2v) is 8.23. The van der Waals surface area contributed by atoms with Crippen LogP contribution in [-0.4, -0.2) is 30.2 Å². The first-order valence-corrected chi connectivity index (χ1v) is 9.08. The van der Waals surface area contributed by atoms with E-state index >= 15 is 0 Å². The van der Waals surface area contributed by atoms with Gasteiger partial charge in [-0.25, -0.2) is 13.1 Å². The van der Waals surface area contributed by atoms with E-state index in [9.17, 15) is 12.6 Å². The van der Waals surface area contributed by atoms with Crippen molar-refractivity contribution in [3.8, 4) is 0 Å². The minimum Gasteiger partial charge on any atom is -0.399 e. The van der Waals surface area contributed by atoms with Gasteiger partial charge in [0.25, 0.3) is 0 Å². The van der Waals surface area contributed by atoms with E-state index in [1.807, 2.05) is 0 Å². The van der Waals surface area contributed by atoms with Gasteiger partial charge in [0, 0.05) is 34.0 Å². The van der Waals surface area contributed by atoms with Gasteiger partial charge in [0.15, 0.2) is 0 Å². The number of aryl methyl sites for hydroxylation is 1. The summed E-state index contributed by atoms with van der Waals surface area (Å²) in [7, 11) is -4.35. The molecule has 1 saturated heterocycles. The Morgan fingerprint density at radius 3 is 2.47 bits per heavy atom. The molecule has 0 unspecified atom stereocenters. The summed E-state index contributed by atoms with van der Waals surface area (Å²) < 4.78 is 38.4. The van der Waals surface area contributed by atoms with Crippen molar-refractivity contribution in [2.75, 3.05) is 17.2 Å². The molecule has 0 saturated carbocycles. The van der Waals surface area contributed by atoms with Crippen LogP contribution in [0.2, 0.25) is 0 Å². The van der Waals surface area contributed by atoms with Gasteiger partial charge in [-0.05, 0) is 43.5 Å². The summed E-state index contributed by atoms with van der Waals surface area (Å²) in [5.74, 6) is 1.12. The first-order chi connectivity index (χ1) is 8.87. The molecule has 7 heteroatoms. The SMILES string of the molecule is Cc1cc(N)cc(S(=O)(=O)NC2CCS(=O)CC2)c1. The number of hydrogen-bond acceptors (Lipinski definition) is 4. The van der Waals surface area contributed by atoms with Crippen molar-refractivity contribution in [3.63, 3.8) is 0 Å². The largest absolute Gasteiger partial charge is 0.399 e. The van der Waals surface area contributed by atoms with Crippen LogP contribution < -0.4 is 10.5 Å². The fraction of sp³-hybridized carbons (Fsp3) is 0.500. The molecule has 3 N–H and O–H groups in total. The lowest BCUT2D eigenvalue weighted by molar-refractivity contribution is 0.522. The number of rotatable bonds is 3. The molecule has 0 aromatic heterocycles. The number of nitrogen functional groups attached to an aromatic ring is 1. The fourth-order valence-electron chi connectivity index (χ4n) is 2.13. The summed E-state index contributed by atoms with van der Waals surface area (Å²) in [5.41, 5.74) is 6.92. The van der Waals surface area contributed by atoms with Crippen LogP contribution in [0.4, 0.5) is 5.69 Å². The summed E-state index contributed by atoms with van der Waals surface area (Å²) >= 11 is 0. The van der Waals surface area contributed by atoms with Crippen molar-refractivity contribution in [1.29, 1.82) is 0 Å². The number of nitrogens with two attached hydrogens (primary N) is 1. The van der Waals surface area contributed by atoms with Crippen LogP contribution in [-0.2, 0) is 20.8 Å². The van der Waals surface area contributed by atoms with Crippen molar-refractivity contribution >= 4 is 26.5 Å². The van der Waals surface area contributed by atoms with E-state index < -0.39 is 20.8 Å². The van der Waals surface area contributed by atoms with E-state index in [-0.39, 0.29) is 10.9 Å². The molecule has 1 aliphatic rings. The van der Waals surface area contributed by atoms with Crippen molar-refractivity contribution in [3.05, 3.63) is 23.8 Å². The number of anilines is 1. The van der Waals surface area contributed by atoms with Gasteiger partial charge in [-0.2, -0.15) is 0 Å². The fourth-order valence-corrected chi connectivity index (χ4v) is 4.87. The van der Waals surface area contributed by atoms with Crippen LogP contribution in [0.25, 0.3) is 0 Å². The zero-order valence-corrected chi connectivity index (χ0v) is 12.4. The highest BCUT2D eigenvalue weighted by atomic mass is 32.2. The molecule has 5 nitrogen and oxygen atoms in total. The van der Waals surface area contributed by atoms with Gasteiger partial charge in [0.05, 0.1) is 4.90 Å². The van der Waals surface area contributed by atoms with Crippen molar-refractivity contribution in [1.82, 2.24) is 4.72 Å². The smallest absolute Gasteiger partial charge is 0.240 e. The van der Waals surface area contributed by atoms with E-state index in [0.29, 0.717) is 30.0 Å². The lowest BCUT2D eigenvalue weighted by Gasteiger charge is -2.22. The van der Waals surface area contributed by atoms with Crippen LogP contribution in [0, 0.1) is 6.92 Å². The van der Waals surface area contributed by atoms with E-state index in [0.717, 1.165) is 5.56 Å². The van der Waals surface area contributed by atoms with Gasteiger partial charge in [-0.15, -0.1) is 0 Å². The van der Waals surface area contributed by atoms with Gasteiger partial charge in [-0.1, -0.05) is 0 Å². The Balaban J connectivity index is 2.16. The first kappa shape index (κ1) is 14.5. The molecule has 1 aromatic rings. The summed E-state index contributed by atoms with van der Waals surface area (Å²) in [6.45, 7) is 1.80. The molecule has 0 radical (unpaired) electrons. The quantitative estimate of drug-likeness (QED) is 0.807. The molecule has 106 valence electrons. The molecule has 0 aliphatic carbocycles. The molecule has 0 atom stereocenters. The monoisotopic (exact) mass is 302 g/mol. The van der Waals surface area contributed by atoms with Gasteiger partial charge in [-0.3, -0.25) is 4.21 Å². The molecule has 1 fully saturated rings. The van der Waals surface area contributed by atoms with Crippen molar-refractivity contribution < 1.29 is 12.6 Å². The Hall–Kier alpha value is -0.920. The predicted octanol–water partition coefficient (Wildman–Crippen LogP) is 0.767. The van der Waals surface area contributed by atoms with Crippen molar-refractivity contribution in [2.45, 2.75) is 30.7 Å². The first-order valence-electron chi connectivity index (χ1n) is 6.11. The van der Waals surface area contributed by atoms with Crippen LogP contribution in [0.5, 0.6) is 0 Å². The van der Waals surface area contributed by atoms with Gasteiger partial charge in [0.1, 0.15) is 0 Å². The van der Waals surface area contributed by atoms with E-state index in [4.69, 9.17) is 5.73 Å². The number of hydrogen-bond donors (Lipinski definition) is 2.